The number of thioether (sulfide) groups is 1. The van der Waals surface area contributed by atoms with Crippen molar-refractivity contribution in [3.8, 4) is 0 Å². The fourth-order valence-electron chi connectivity index (χ4n) is 2.20. The summed E-state index contributed by atoms with van der Waals surface area (Å²) in [5.74, 6) is 0.962. The summed E-state index contributed by atoms with van der Waals surface area (Å²) < 4.78 is 0. The van der Waals surface area contributed by atoms with Crippen molar-refractivity contribution in [2.75, 3.05) is 18.8 Å². The van der Waals surface area contributed by atoms with Crippen molar-refractivity contribution >= 4 is 41.7 Å². The zero-order valence-electron chi connectivity index (χ0n) is 11.3. The molecule has 1 saturated heterocycles. The largest absolute Gasteiger partial charge is 0.341 e. The van der Waals surface area contributed by atoms with Crippen LogP contribution in [-0.4, -0.2) is 35.7 Å². The predicted molar refractivity (Wildman–Crippen MR) is 87.8 cm³/mol. The predicted octanol–water partition coefficient (Wildman–Crippen LogP) is 3.19. The fraction of sp³-hybridized carbons (Fsp3) is 0.500. The number of carbonyl (C=O) groups is 1. The quantitative estimate of drug-likeness (QED) is 0.860. The van der Waals surface area contributed by atoms with Gasteiger partial charge in [0.15, 0.2) is 0 Å². The second-order valence-electron chi connectivity index (χ2n) is 4.77. The van der Waals surface area contributed by atoms with Crippen LogP contribution >= 0.6 is 35.8 Å². The zero-order valence-corrected chi connectivity index (χ0v) is 13.6. The Morgan fingerprint density at radius 2 is 2.20 bits per heavy atom. The maximum Gasteiger partial charge on any atom is 0.223 e. The normalized spacial score (nSPS) is 18.5. The van der Waals surface area contributed by atoms with Gasteiger partial charge in [0, 0.05) is 36.2 Å². The average Bonchev–Trinajstić information content (AvgIpc) is 2.41. The van der Waals surface area contributed by atoms with E-state index in [2.05, 4.69) is 0 Å². The summed E-state index contributed by atoms with van der Waals surface area (Å²) in [5, 5.41) is 0.750. The van der Waals surface area contributed by atoms with Crippen molar-refractivity contribution < 1.29 is 4.79 Å². The molecular formula is C14H20Cl2N2OS. The number of halogens is 2. The molecule has 1 unspecified atom stereocenters. The molecule has 1 aromatic carbocycles. The van der Waals surface area contributed by atoms with Crippen molar-refractivity contribution in [1.82, 2.24) is 4.90 Å². The molecule has 0 aromatic heterocycles. The Morgan fingerprint density at radius 1 is 1.45 bits per heavy atom. The topological polar surface area (TPSA) is 46.3 Å². The molecule has 2 rings (SSSR count). The van der Waals surface area contributed by atoms with E-state index in [0.29, 0.717) is 13.0 Å². The SMILES string of the molecule is Cl.NC1CCCN(C(=O)CCSc2ccccc2Cl)C1. The maximum absolute atomic E-state index is 12.0. The Labute approximate surface area is 135 Å². The summed E-state index contributed by atoms with van der Waals surface area (Å²) in [6, 6.07) is 7.87. The summed E-state index contributed by atoms with van der Waals surface area (Å²) in [6.45, 7) is 1.55. The summed E-state index contributed by atoms with van der Waals surface area (Å²) >= 11 is 7.70. The Balaban J connectivity index is 0.00000200. The number of carbonyl (C=O) groups excluding carboxylic acids is 1. The Morgan fingerprint density at radius 3 is 2.90 bits per heavy atom. The molecule has 2 N–H and O–H groups in total. The average molecular weight is 335 g/mol. The minimum Gasteiger partial charge on any atom is -0.341 e. The summed E-state index contributed by atoms with van der Waals surface area (Å²) in [4.78, 5) is 15.0. The number of nitrogens with zero attached hydrogens (tertiary/aromatic N) is 1. The molecule has 1 aliphatic heterocycles. The van der Waals surface area contributed by atoms with Crippen LogP contribution in [0.25, 0.3) is 0 Å². The molecule has 0 spiro atoms. The molecule has 1 aliphatic rings. The van der Waals surface area contributed by atoms with Gasteiger partial charge in [-0.3, -0.25) is 4.79 Å². The molecule has 1 amide bonds. The van der Waals surface area contributed by atoms with Gasteiger partial charge in [-0.1, -0.05) is 23.7 Å². The second-order valence-corrected chi connectivity index (χ2v) is 6.31. The minimum absolute atomic E-state index is 0. The maximum atomic E-state index is 12.0. The van der Waals surface area contributed by atoms with Gasteiger partial charge in [0.05, 0.1) is 5.02 Å². The van der Waals surface area contributed by atoms with Crippen LogP contribution in [0.4, 0.5) is 0 Å². The van der Waals surface area contributed by atoms with Crippen molar-refractivity contribution in [3.05, 3.63) is 29.3 Å². The second kappa shape index (κ2) is 8.78. The first-order chi connectivity index (χ1) is 9.16. The first kappa shape index (κ1) is 17.6. The molecule has 0 radical (unpaired) electrons. The van der Waals surface area contributed by atoms with Gasteiger partial charge in [0.2, 0.25) is 5.91 Å². The highest BCUT2D eigenvalue weighted by Crippen LogP contribution is 2.27. The minimum atomic E-state index is 0. The van der Waals surface area contributed by atoms with E-state index < -0.39 is 0 Å². The first-order valence-electron chi connectivity index (χ1n) is 6.57. The molecule has 0 aliphatic carbocycles. The van der Waals surface area contributed by atoms with Gasteiger partial charge < -0.3 is 10.6 Å². The van der Waals surface area contributed by atoms with Gasteiger partial charge in [0.25, 0.3) is 0 Å². The Bertz CT molecular complexity index is 445. The van der Waals surface area contributed by atoms with E-state index in [-0.39, 0.29) is 24.4 Å². The van der Waals surface area contributed by atoms with E-state index in [1.54, 1.807) is 11.8 Å². The molecule has 1 aromatic rings. The summed E-state index contributed by atoms with van der Waals surface area (Å²) in [5.41, 5.74) is 5.89. The van der Waals surface area contributed by atoms with Crippen molar-refractivity contribution in [1.29, 1.82) is 0 Å². The number of nitrogens with two attached hydrogens (primary N) is 1. The number of likely N-dealkylation sites (tertiary alicyclic amines) is 1. The van der Waals surface area contributed by atoms with Crippen LogP contribution in [-0.2, 0) is 4.79 Å². The molecule has 1 atom stereocenters. The summed E-state index contributed by atoms with van der Waals surface area (Å²) in [6.07, 6.45) is 2.59. The molecule has 1 heterocycles. The lowest BCUT2D eigenvalue weighted by Gasteiger charge is -2.30. The number of hydrogen-bond acceptors (Lipinski definition) is 3. The number of benzene rings is 1. The van der Waals surface area contributed by atoms with Gasteiger partial charge in [0.1, 0.15) is 0 Å². The number of rotatable bonds is 4. The van der Waals surface area contributed by atoms with Gasteiger partial charge in [-0.25, -0.2) is 0 Å². The smallest absolute Gasteiger partial charge is 0.223 e. The van der Waals surface area contributed by atoms with E-state index in [9.17, 15) is 4.79 Å². The molecular weight excluding hydrogens is 315 g/mol. The molecule has 1 fully saturated rings. The molecule has 0 saturated carbocycles. The molecule has 112 valence electrons. The monoisotopic (exact) mass is 334 g/mol. The van der Waals surface area contributed by atoms with Crippen LogP contribution in [0.15, 0.2) is 29.2 Å². The third kappa shape index (κ3) is 5.17. The number of hydrogen-bond donors (Lipinski definition) is 1. The number of amides is 1. The lowest BCUT2D eigenvalue weighted by atomic mass is 10.1. The third-order valence-electron chi connectivity index (χ3n) is 3.22. The summed E-state index contributed by atoms with van der Waals surface area (Å²) in [7, 11) is 0. The van der Waals surface area contributed by atoms with Gasteiger partial charge in [-0.05, 0) is 25.0 Å². The van der Waals surface area contributed by atoms with E-state index >= 15 is 0 Å². The van der Waals surface area contributed by atoms with Crippen LogP contribution < -0.4 is 5.73 Å². The Kier molecular flexibility index (Phi) is 7.74. The number of piperidine rings is 1. The van der Waals surface area contributed by atoms with Crippen LogP contribution in [0, 0.1) is 0 Å². The zero-order chi connectivity index (χ0) is 13.7. The van der Waals surface area contributed by atoms with Gasteiger partial charge in [-0.15, -0.1) is 24.2 Å². The first-order valence-corrected chi connectivity index (χ1v) is 7.94. The molecule has 20 heavy (non-hydrogen) atoms. The van der Waals surface area contributed by atoms with Crippen LogP contribution in [0.3, 0.4) is 0 Å². The van der Waals surface area contributed by atoms with E-state index in [4.69, 9.17) is 17.3 Å². The van der Waals surface area contributed by atoms with Crippen LogP contribution in [0.2, 0.25) is 5.02 Å². The molecule has 3 nitrogen and oxygen atoms in total. The van der Waals surface area contributed by atoms with Crippen molar-refractivity contribution in [2.24, 2.45) is 5.73 Å². The highest BCUT2D eigenvalue weighted by Gasteiger charge is 2.20. The van der Waals surface area contributed by atoms with E-state index in [1.807, 2.05) is 29.2 Å². The van der Waals surface area contributed by atoms with Gasteiger partial charge >= 0.3 is 0 Å². The lowest BCUT2D eigenvalue weighted by Crippen LogP contribution is -2.45. The molecule has 0 bridgehead atoms. The lowest BCUT2D eigenvalue weighted by molar-refractivity contribution is -0.131. The van der Waals surface area contributed by atoms with E-state index in [0.717, 1.165) is 35.1 Å². The van der Waals surface area contributed by atoms with Gasteiger partial charge in [-0.2, -0.15) is 0 Å². The van der Waals surface area contributed by atoms with Crippen LogP contribution in [0.1, 0.15) is 19.3 Å². The fourth-order valence-corrected chi connectivity index (χ4v) is 3.38. The third-order valence-corrected chi connectivity index (χ3v) is 4.74. The molecule has 6 heteroatoms. The van der Waals surface area contributed by atoms with E-state index in [1.165, 1.54) is 0 Å². The highest BCUT2D eigenvalue weighted by molar-refractivity contribution is 7.99. The van der Waals surface area contributed by atoms with Crippen LogP contribution in [0.5, 0.6) is 0 Å². The Hall–Kier alpha value is -0.420. The highest BCUT2D eigenvalue weighted by atomic mass is 35.5. The standard InChI is InChI=1S/C14H19ClN2OS.ClH/c15-12-5-1-2-6-13(12)19-9-7-14(18)17-8-3-4-11(16)10-17;/h1-2,5-6,11H,3-4,7-10,16H2;1H. The van der Waals surface area contributed by atoms with Crippen molar-refractivity contribution in [3.63, 3.8) is 0 Å². The van der Waals surface area contributed by atoms with Crippen molar-refractivity contribution in [2.45, 2.75) is 30.2 Å².